The van der Waals surface area contributed by atoms with E-state index < -0.39 is 0 Å². The van der Waals surface area contributed by atoms with Gasteiger partial charge in [0, 0.05) is 0 Å². The second-order valence-corrected chi connectivity index (χ2v) is 6.60. The molecule has 78 valence electrons. The molecule has 1 saturated carbocycles. The van der Waals surface area contributed by atoms with Crippen molar-refractivity contribution in [3.05, 3.63) is 0 Å². The lowest BCUT2D eigenvalue weighted by atomic mass is 9.69. The smallest absolute Gasteiger partial charge is 0.0292 e. The zero-order chi connectivity index (χ0) is 10.4. The van der Waals surface area contributed by atoms with Gasteiger partial charge in [-0.05, 0) is 35.0 Å². The fourth-order valence-electron chi connectivity index (χ4n) is 2.91. The summed E-state index contributed by atoms with van der Waals surface area (Å²) >= 11 is 0. The fraction of sp³-hybridized carbons (Fsp3) is 1.00. The molecule has 0 aromatic rings. The van der Waals surface area contributed by atoms with Crippen LogP contribution in [0.15, 0.2) is 0 Å². The molecule has 2 atom stereocenters. The second kappa shape index (κ2) is 3.00. The van der Waals surface area contributed by atoms with Crippen LogP contribution in [-0.4, -0.2) is 0 Å². The molecule has 1 fully saturated rings. The first-order valence-corrected chi connectivity index (χ1v) is 5.69. The predicted octanol–water partition coefficient (Wildman–Crippen LogP) is 4.35. The van der Waals surface area contributed by atoms with Crippen molar-refractivity contribution < 1.29 is 0 Å². The van der Waals surface area contributed by atoms with Crippen LogP contribution in [0.5, 0.6) is 0 Å². The van der Waals surface area contributed by atoms with Crippen LogP contribution in [0.1, 0.15) is 54.9 Å². The average Bonchev–Trinajstić information content (AvgIpc) is 2.58. The number of rotatable bonds is 3. The number of hydrogen-bond acceptors (Lipinski definition) is 0. The minimum atomic E-state index is 0.525. The van der Waals surface area contributed by atoms with Gasteiger partial charge in [0.05, 0.1) is 0 Å². The molecular weight excluding hydrogens is 156 g/mol. The Morgan fingerprint density at radius 2 is 1.54 bits per heavy atom. The average molecular weight is 182 g/mol. The molecule has 0 nitrogen and oxygen atoms in total. The van der Waals surface area contributed by atoms with Crippen LogP contribution in [0.3, 0.4) is 0 Å². The number of hydrogen-bond donors (Lipinski definition) is 0. The normalized spacial score (nSPS) is 29.1. The van der Waals surface area contributed by atoms with Gasteiger partial charge in [0.25, 0.3) is 0 Å². The lowest BCUT2D eigenvalue weighted by molar-refractivity contribution is 0.126. The fourth-order valence-corrected chi connectivity index (χ4v) is 2.91. The molecule has 0 heteroatoms. The van der Waals surface area contributed by atoms with Crippen molar-refractivity contribution >= 4 is 0 Å². The lowest BCUT2D eigenvalue weighted by Crippen LogP contribution is -2.29. The Balaban J connectivity index is 2.67. The van der Waals surface area contributed by atoms with Gasteiger partial charge in [0.1, 0.15) is 0 Å². The first-order chi connectivity index (χ1) is 5.69. The molecule has 0 aromatic carbocycles. The maximum absolute atomic E-state index is 2.46. The molecule has 2 unspecified atom stereocenters. The minimum Gasteiger partial charge on any atom is -0.0625 e. The largest absolute Gasteiger partial charge is 0.0625 e. The molecule has 0 saturated heterocycles. The van der Waals surface area contributed by atoms with Crippen molar-refractivity contribution in [1.29, 1.82) is 0 Å². The molecule has 1 rings (SSSR count). The first kappa shape index (κ1) is 11.1. The summed E-state index contributed by atoms with van der Waals surface area (Å²) in [6.07, 6.45) is 1.43. The quantitative estimate of drug-likeness (QED) is 0.608. The standard InChI is InChI=1S/C13H26/c1-9(2)10(3)13(6,7)11-8-12(11,4)5/h9-11H,8H2,1-7H3. The zero-order valence-electron chi connectivity index (χ0n) is 10.4. The SMILES string of the molecule is CC(C)C(C)C(C)(C)C1CC1(C)C. The van der Waals surface area contributed by atoms with Crippen LogP contribution < -0.4 is 0 Å². The highest BCUT2D eigenvalue weighted by atomic mass is 14.6. The lowest BCUT2D eigenvalue weighted by Gasteiger charge is -2.36. The van der Waals surface area contributed by atoms with E-state index in [4.69, 9.17) is 0 Å². The van der Waals surface area contributed by atoms with Gasteiger partial charge in [0.15, 0.2) is 0 Å². The highest BCUT2D eigenvalue weighted by Crippen LogP contribution is 2.63. The van der Waals surface area contributed by atoms with Crippen LogP contribution in [-0.2, 0) is 0 Å². The third kappa shape index (κ3) is 1.92. The van der Waals surface area contributed by atoms with Crippen molar-refractivity contribution in [2.24, 2.45) is 28.6 Å². The minimum absolute atomic E-state index is 0.525. The molecule has 1 aliphatic rings. The third-order valence-corrected chi connectivity index (χ3v) is 4.59. The Bertz CT molecular complexity index is 182. The van der Waals surface area contributed by atoms with E-state index in [0.29, 0.717) is 10.8 Å². The summed E-state index contributed by atoms with van der Waals surface area (Å²) < 4.78 is 0. The predicted molar refractivity (Wildman–Crippen MR) is 59.7 cm³/mol. The van der Waals surface area contributed by atoms with Crippen molar-refractivity contribution in [3.8, 4) is 0 Å². The van der Waals surface area contributed by atoms with Crippen LogP contribution in [0.25, 0.3) is 0 Å². The van der Waals surface area contributed by atoms with E-state index in [0.717, 1.165) is 17.8 Å². The summed E-state index contributed by atoms with van der Waals surface area (Å²) in [6, 6.07) is 0. The molecule has 1 aliphatic carbocycles. The third-order valence-electron chi connectivity index (χ3n) is 4.59. The van der Waals surface area contributed by atoms with Gasteiger partial charge in [-0.15, -0.1) is 0 Å². The van der Waals surface area contributed by atoms with Gasteiger partial charge in [-0.3, -0.25) is 0 Å². The van der Waals surface area contributed by atoms with Gasteiger partial charge < -0.3 is 0 Å². The van der Waals surface area contributed by atoms with Crippen molar-refractivity contribution in [2.45, 2.75) is 54.9 Å². The highest BCUT2D eigenvalue weighted by molar-refractivity contribution is 5.04. The molecule has 0 aromatic heterocycles. The second-order valence-electron chi connectivity index (χ2n) is 6.60. The van der Waals surface area contributed by atoms with Crippen LogP contribution in [0, 0.1) is 28.6 Å². The first-order valence-electron chi connectivity index (χ1n) is 5.69. The van der Waals surface area contributed by atoms with E-state index in [-0.39, 0.29) is 0 Å². The Hall–Kier alpha value is 0. The van der Waals surface area contributed by atoms with Gasteiger partial charge in [-0.2, -0.15) is 0 Å². The summed E-state index contributed by atoms with van der Waals surface area (Å²) in [5.74, 6) is 2.59. The monoisotopic (exact) mass is 182 g/mol. The van der Waals surface area contributed by atoms with Crippen molar-refractivity contribution in [1.82, 2.24) is 0 Å². The van der Waals surface area contributed by atoms with Crippen molar-refractivity contribution in [3.63, 3.8) is 0 Å². The van der Waals surface area contributed by atoms with E-state index in [1.807, 2.05) is 0 Å². The molecule has 0 amide bonds. The maximum atomic E-state index is 2.46. The summed E-state index contributed by atoms with van der Waals surface area (Å²) in [4.78, 5) is 0. The Kier molecular flexibility index (Phi) is 2.56. The molecule has 13 heavy (non-hydrogen) atoms. The maximum Gasteiger partial charge on any atom is -0.0292 e. The van der Waals surface area contributed by atoms with Gasteiger partial charge in [-0.1, -0.05) is 48.5 Å². The zero-order valence-corrected chi connectivity index (χ0v) is 10.4. The molecule has 0 heterocycles. The van der Waals surface area contributed by atoms with Gasteiger partial charge in [-0.25, -0.2) is 0 Å². The molecule has 0 aliphatic heterocycles. The van der Waals surface area contributed by atoms with E-state index in [2.05, 4.69) is 48.5 Å². The van der Waals surface area contributed by atoms with E-state index in [1.54, 1.807) is 0 Å². The van der Waals surface area contributed by atoms with Crippen LogP contribution in [0.2, 0.25) is 0 Å². The van der Waals surface area contributed by atoms with E-state index >= 15 is 0 Å². The van der Waals surface area contributed by atoms with Crippen molar-refractivity contribution in [2.75, 3.05) is 0 Å². The highest BCUT2D eigenvalue weighted by Gasteiger charge is 2.55. The van der Waals surface area contributed by atoms with Gasteiger partial charge >= 0.3 is 0 Å². The summed E-state index contributed by atoms with van der Waals surface area (Å²) in [7, 11) is 0. The summed E-state index contributed by atoms with van der Waals surface area (Å²) in [5.41, 5.74) is 1.14. The molecule has 0 N–H and O–H groups in total. The van der Waals surface area contributed by atoms with E-state index in [9.17, 15) is 0 Å². The topological polar surface area (TPSA) is 0 Å². The molecule has 0 bridgehead atoms. The summed E-state index contributed by atoms with van der Waals surface area (Å²) in [6.45, 7) is 16.8. The Morgan fingerprint density at radius 3 is 1.77 bits per heavy atom. The molecular formula is C13H26. The van der Waals surface area contributed by atoms with Crippen LogP contribution in [0.4, 0.5) is 0 Å². The Labute approximate surface area is 84.1 Å². The van der Waals surface area contributed by atoms with Gasteiger partial charge in [0.2, 0.25) is 0 Å². The summed E-state index contributed by atoms with van der Waals surface area (Å²) in [5, 5.41) is 0. The Morgan fingerprint density at radius 1 is 1.15 bits per heavy atom. The molecule has 0 spiro atoms. The molecule has 0 radical (unpaired) electrons. The van der Waals surface area contributed by atoms with E-state index in [1.165, 1.54) is 6.42 Å². The van der Waals surface area contributed by atoms with Crippen LogP contribution >= 0.6 is 0 Å².